The van der Waals surface area contributed by atoms with Gasteiger partial charge in [0.25, 0.3) is 0 Å². The first-order valence-corrected chi connectivity index (χ1v) is 7.44. The average Bonchev–Trinajstić information content (AvgIpc) is 2.87. The maximum absolute atomic E-state index is 3.95. The maximum Gasteiger partial charge on any atom is 0.0692 e. The Kier molecular flexibility index (Phi) is 3.94. The number of hydrogen-bond acceptors (Lipinski definition) is 3. The van der Waals surface area contributed by atoms with Crippen LogP contribution in [0.2, 0.25) is 0 Å². The molecular formula is C14H17BrN4. The Morgan fingerprint density at radius 3 is 2.89 bits per heavy atom. The average molecular weight is 321 g/mol. The molecule has 1 aromatic carbocycles. The van der Waals surface area contributed by atoms with Gasteiger partial charge in [-0.05, 0) is 30.4 Å². The van der Waals surface area contributed by atoms with Crippen molar-refractivity contribution in [2.75, 3.05) is 6.54 Å². The van der Waals surface area contributed by atoms with Crippen LogP contribution in [0.1, 0.15) is 24.3 Å². The zero-order valence-electron chi connectivity index (χ0n) is 10.7. The smallest absolute Gasteiger partial charge is 0.0692 e. The molecule has 0 radical (unpaired) electrons. The Morgan fingerprint density at radius 2 is 2.16 bits per heavy atom. The highest BCUT2D eigenvalue weighted by atomic mass is 79.9. The van der Waals surface area contributed by atoms with Gasteiger partial charge in [-0.3, -0.25) is 4.68 Å². The second-order valence-electron chi connectivity index (χ2n) is 5.01. The number of benzene rings is 1. The lowest BCUT2D eigenvalue weighted by molar-refractivity contribution is 0.285. The van der Waals surface area contributed by atoms with Crippen molar-refractivity contribution < 1.29 is 0 Å². The molecule has 0 aliphatic heterocycles. The fourth-order valence-electron chi connectivity index (χ4n) is 2.58. The minimum absolute atomic E-state index is 0.639. The molecule has 1 N–H and O–H groups in total. The molecule has 2 aromatic rings. The summed E-state index contributed by atoms with van der Waals surface area (Å²) in [5.41, 5.74) is 1.44. The number of halogens is 1. The fraction of sp³-hybridized carbons (Fsp3) is 0.429. The van der Waals surface area contributed by atoms with Gasteiger partial charge in [-0.25, -0.2) is 0 Å². The van der Waals surface area contributed by atoms with Crippen LogP contribution < -0.4 is 5.32 Å². The minimum atomic E-state index is 0.639. The van der Waals surface area contributed by atoms with Crippen molar-refractivity contribution in [1.29, 1.82) is 0 Å². The first-order valence-electron chi connectivity index (χ1n) is 6.65. The standard InChI is InChI=1S/C14H17BrN4/c15-14-4-2-1-3-13(14)11-9-12(10-11)16-5-7-19-8-6-17-18-19/h1-4,6,8,11-12,16H,5,7,9-10H2. The highest BCUT2D eigenvalue weighted by molar-refractivity contribution is 9.10. The zero-order valence-corrected chi connectivity index (χ0v) is 12.3. The van der Waals surface area contributed by atoms with Gasteiger partial charge in [-0.2, -0.15) is 0 Å². The number of nitrogens with one attached hydrogen (secondary N) is 1. The van der Waals surface area contributed by atoms with Gasteiger partial charge in [-0.1, -0.05) is 39.3 Å². The predicted molar refractivity (Wildman–Crippen MR) is 77.9 cm³/mol. The molecular weight excluding hydrogens is 304 g/mol. The van der Waals surface area contributed by atoms with Crippen molar-refractivity contribution in [1.82, 2.24) is 20.3 Å². The molecule has 0 amide bonds. The third kappa shape index (κ3) is 3.04. The van der Waals surface area contributed by atoms with E-state index in [2.05, 4.69) is 55.8 Å². The largest absolute Gasteiger partial charge is 0.312 e. The SMILES string of the molecule is Brc1ccccc1C1CC(NCCn2ccnn2)C1. The quantitative estimate of drug-likeness (QED) is 0.920. The maximum atomic E-state index is 3.95. The molecule has 0 atom stereocenters. The van der Waals surface area contributed by atoms with Gasteiger partial charge in [0.1, 0.15) is 0 Å². The molecule has 1 fully saturated rings. The molecule has 100 valence electrons. The van der Waals surface area contributed by atoms with Crippen LogP contribution in [0.4, 0.5) is 0 Å². The highest BCUT2D eigenvalue weighted by Gasteiger charge is 2.30. The van der Waals surface area contributed by atoms with Crippen LogP contribution in [0.3, 0.4) is 0 Å². The normalized spacial score (nSPS) is 22.2. The lowest BCUT2D eigenvalue weighted by Crippen LogP contribution is -2.41. The second kappa shape index (κ2) is 5.84. The molecule has 0 unspecified atom stereocenters. The molecule has 1 heterocycles. The lowest BCUT2D eigenvalue weighted by atomic mass is 9.76. The summed E-state index contributed by atoms with van der Waals surface area (Å²) < 4.78 is 3.10. The molecule has 5 heteroatoms. The number of rotatable bonds is 5. The van der Waals surface area contributed by atoms with Crippen molar-refractivity contribution in [3.63, 3.8) is 0 Å². The van der Waals surface area contributed by atoms with Crippen LogP contribution in [0.15, 0.2) is 41.1 Å². The van der Waals surface area contributed by atoms with Gasteiger partial charge in [0.15, 0.2) is 0 Å². The summed E-state index contributed by atoms with van der Waals surface area (Å²) in [5, 5.41) is 11.3. The Hall–Kier alpha value is -1.20. The first kappa shape index (κ1) is 12.8. The van der Waals surface area contributed by atoms with E-state index in [4.69, 9.17) is 0 Å². The molecule has 0 saturated heterocycles. The Bertz CT molecular complexity index is 520. The number of hydrogen-bond donors (Lipinski definition) is 1. The van der Waals surface area contributed by atoms with Gasteiger partial charge in [0.05, 0.1) is 12.7 Å². The number of nitrogens with zero attached hydrogens (tertiary/aromatic N) is 3. The van der Waals surface area contributed by atoms with Crippen LogP contribution in [-0.4, -0.2) is 27.6 Å². The van der Waals surface area contributed by atoms with Crippen molar-refractivity contribution in [2.24, 2.45) is 0 Å². The van der Waals surface area contributed by atoms with E-state index in [1.165, 1.54) is 22.9 Å². The Morgan fingerprint density at radius 1 is 1.32 bits per heavy atom. The molecule has 1 saturated carbocycles. The summed E-state index contributed by atoms with van der Waals surface area (Å²) >= 11 is 3.63. The summed E-state index contributed by atoms with van der Waals surface area (Å²) in [7, 11) is 0. The first-order chi connectivity index (χ1) is 9.33. The summed E-state index contributed by atoms with van der Waals surface area (Å²) in [6.45, 7) is 1.84. The summed E-state index contributed by atoms with van der Waals surface area (Å²) in [6, 6.07) is 9.17. The van der Waals surface area contributed by atoms with E-state index < -0.39 is 0 Å². The third-order valence-electron chi connectivity index (χ3n) is 3.73. The summed E-state index contributed by atoms with van der Waals surface area (Å²) in [4.78, 5) is 0. The van der Waals surface area contributed by atoms with Crippen LogP contribution in [-0.2, 0) is 6.54 Å². The van der Waals surface area contributed by atoms with Gasteiger partial charge in [0.2, 0.25) is 0 Å². The molecule has 1 aromatic heterocycles. The lowest BCUT2D eigenvalue weighted by Gasteiger charge is -2.37. The minimum Gasteiger partial charge on any atom is -0.312 e. The predicted octanol–water partition coefficient (Wildman–Crippen LogP) is 2.58. The summed E-state index contributed by atoms with van der Waals surface area (Å²) in [6.07, 6.45) is 6.05. The molecule has 0 bridgehead atoms. The van der Waals surface area contributed by atoms with Gasteiger partial charge < -0.3 is 5.32 Å². The molecule has 0 spiro atoms. The van der Waals surface area contributed by atoms with Crippen molar-refractivity contribution >= 4 is 15.9 Å². The third-order valence-corrected chi connectivity index (χ3v) is 4.45. The zero-order chi connectivity index (χ0) is 13.1. The topological polar surface area (TPSA) is 42.7 Å². The second-order valence-corrected chi connectivity index (χ2v) is 5.86. The molecule has 1 aliphatic rings. The van der Waals surface area contributed by atoms with E-state index in [1.54, 1.807) is 6.20 Å². The summed E-state index contributed by atoms with van der Waals surface area (Å²) in [5.74, 6) is 0.694. The monoisotopic (exact) mass is 320 g/mol. The van der Waals surface area contributed by atoms with Crippen molar-refractivity contribution in [3.8, 4) is 0 Å². The van der Waals surface area contributed by atoms with Crippen molar-refractivity contribution in [2.45, 2.75) is 31.3 Å². The molecule has 4 nitrogen and oxygen atoms in total. The molecule has 1 aliphatic carbocycles. The van der Waals surface area contributed by atoms with Gasteiger partial charge >= 0.3 is 0 Å². The van der Waals surface area contributed by atoms with E-state index in [-0.39, 0.29) is 0 Å². The van der Waals surface area contributed by atoms with Crippen LogP contribution in [0, 0.1) is 0 Å². The van der Waals surface area contributed by atoms with E-state index in [0.29, 0.717) is 12.0 Å². The van der Waals surface area contributed by atoms with E-state index in [1.807, 2.05) is 10.9 Å². The number of aromatic nitrogens is 3. The van der Waals surface area contributed by atoms with Gasteiger partial charge in [0, 0.05) is 23.3 Å². The van der Waals surface area contributed by atoms with Crippen LogP contribution in [0.25, 0.3) is 0 Å². The van der Waals surface area contributed by atoms with Crippen molar-refractivity contribution in [3.05, 3.63) is 46.7 Å². The Labute approximate surface area is 121 Å². The molecule has 19 heavy (non-hydrogen) atoms. The van der Waals surface area contributed by atoms with Gasteiger partial charge in [-0.15, -0.1) is 5.10 Å². The van der Waals surface area contributed by atoms with E-state index in [9.17, 15) is 0 Å². The van der Waals surface area contributed by atoms with Crippen LogP contribution in [0.5, 0.6) is 0 Å². The molecule has 3 rings (SSSR count). The Balaban J connectivity index is 1.42. The van der Waals surface area contributed by atoms with E-state index in [0.717, 1.165) is 13.1 Å². The highest BCUT2D eigenvalue weighted by Crippen LogP contribution is 2.39. The van der Waals surface area contributed by atoms with E-state index >= 15 is 0 Å². The van der Waals surface area contributed by atoms with Crippen LogP contribution >= 0.6 is 15.9 Å². The fourth-order valence-corrected chi connectivity index (χ4v) is 3.19.